The molecule has 0 aliphatic carbocycles. The molecule has 0 radical (unpaired) electrons. The molecule has 0 aromatic carbocycles. The SMILES string of the molecule is CC(Cc1nc(-c2ccccn2)no1)=NO. The van der Waals surface area contributed by atoms with Gasteiger partial charge in [0.15, 0.2) is 0 Å². The smallest absolute Gasteiger partial charge is 0.232 e. The first kappa shape index (κ1) is 10.3. The van der Waals surface area contributed by atoms with Gasteiger partial charge in [-0.15, -0.1) is 0 Å². The van der Waals surface area contributed by atoms with E-state index in [0.717, 1.165) is 0 Å². The molecule has 0 bridgehead atoms. The molecule has 0 aliphatic heterocycles. The molecule has 0 aliphatic rings. The molecule has 0 saturated carbocycles. The molecule has 1 N–H and O–H groups in total. The molecular weight excluding hydrogens is 208 g/mol. The van der Waals surface area contributed by atoms with E-state index in [-0.39, 0.29) is 0 Å². The highest BCUT2D eigenvalue weighted by atomic mass is 16.5. The van der Waals surface area contributed by atoms with E-state index in [1.807, 2.05) is 12.1 Å². The maximum atomic E-state index is 8.51. The van der Waals surface area contributed by atoms with Crippen LogP contribution in [-0.4, -0.2) is 26.0 Å². The Morgan fingerprint density at radius 2 is 2.38 bits per heavy atom. The first-order valence-electron chi connectivity index (χ1n) is 4.71. The topological polar surface area (TPSA) is 84.4 Å². The summed E-state index contributed by atoms with van der Waals surface area (Å²) in [5.41, 5.74) is 1.16. The summed E-state index contributed by atoms with van der Waals surface area (Å²) in [6.45, 7) is 1.67. The van der Waals surface area contributed by atoms with E-state index in [9.17, 15) is 0 Å². The van der Waals surface area contributed by atoms with Crippen molar-refractivity contribution in [3.63, 3.8) is 0 Å². The van der Waals surface area contributed by atoms with E-state index in [1.54, 1.807) is 19.2 Å². The number of nitrogens with zero attached hydrogens (tertiary/aromatic N) is 4. The minimum absolute atomic E-state index is 0.330. The molecule has 0 amide bonds. The van der Waals surface area contributed by atoms with Crippen LogP contribution >= 0.6 is 0 Å². The van der Waals surface area contributed by atoms with Crippen molar-refractivity contribution in [1.82, 2.24) is 15.1 Å². The van der Waals surface area contributed by atoms with Crippen LogP contribution in [0.4, 0.5) is 0 Å². The van der Waals surface area contributed by atoms with Gasteiger partial charge in [-0.05, 0) is 19.1 Å². The normalized spacial score (nSPS) is 11.7. The van der Waals surface area contributed by atoms with Crippen molar-refractivity contribution in [3.05, 3.63) is 30.3 Å². The van der Waals surface area contributed by atoms with Crippen LogP contribution in [0.25, 0.3) is 11.5 Å². The third-order valence-electron chi connectivity index (χ3n) is 1.94. The molecule has 0 saturated heterocycles. The van der Waals surface area contributed by atoms with Crippen molar-refractivity contribution in [3.8, 4) is 11.5 Å². The van der Waals surface area contributed by atoms with Crippen LogP contribution in [0.15, 0.2) is 34.1 Å². The Kier molecular flexibility index (Phi) is 2.90. The predicted molar refractivity (Wildman–Crippen MR) is 56.1 cm³/mol. The van der Waals surface area contributed by atoms with Crippen molar-refractivity contribution in [2.75, 3.05) is 0 Å². The van der Waals surface area contributed by atoms with Gasteiger partial charge in [0.25, 0.3) is 0 Å². The van der Waals surface area contributed by atoms with Crippen LogP contribution in [-0.2, 0) is 6.42 Å². The number of pyridine rings is 1. The molecule has 2 aromatic rings. The van der Waals surface area contributed by atoms with Gasteiger partial charge in [-0.25, -0.2) is 0 Å². The van der Waals surface area contributed by atoms with E-state index in [4.69, 9.17) is 9.73 Å². The second kappa shape index (κ2) is 4.52. The summed E-state index contributed by atoms with van der Waals surface area (Å²) in [5, 5.41) is 15.3. The van der Waals surface area contributed by atoms with Gasteiger partial charge in [-0.1, -0.05) is 16.4 Å². The third-order valence-corrected chi connectivity index (χ3v) is 1.94. The second-order valence-electron chi connectivity index (χ2n) is 3.24. The van der Waals surface area contributed by atoms with Gasteiger partial charge in [0, 0.05) is 6.20 Å². The molecule has 2 rings (SSSR count). The molecule has 2 aromatic heterocycles. The Hall–Kier alpha value is -2.24. The number of oxime groups is 1. The Morgan fingerprint density at radius 1 is 1.50 bits per heavy atom. The number of rotatable bonds is 3. The predicted octanol–water partition coefficient (Wildman–Crippen LogP) is 1.52. The first-order valence-corrected chi connectivity index (χ1v) is 4.71. The molecule has 0 fully saturated rings. The summed E-state index contributed by atoms with van der Waals surface area (Å²) < 4.78 is 5.00. The fraction of sp³-hybridized carbons (Fsp3) is 0.200. The Labute approximate surface area is 91.6 Å². The average molecular weight is 218 g/mol. The standard InChI is InChI=1S/C10H10N4O2/c1-7(13-15)6-9-12-10(14-16-9)8-4-2-3-5-11-8/h2-5,15H,6H2,1H3. The zero-order valence-corrected chi connectivity index (χ0v) is 8.66. The van der Waals surface area contributed by atoms with Gasteiger partial charge in [0.2, 0.25) is 11.7 Å². The minimum atomic E-state index is 0.330. The van der Waals surface area contributed by atoms with Crippen LogP contribution in [0.1, 0.15) is 12.8 Å². The van der Waals surface area contributed by atoms with Crippen LogP contribution < -0.4 is 0 Å². The fourth-order valence-corrected chi connectivity index (χ4v) is 1.18. The summed E-state index contributed by atoms with van der Waals surface area (Å²) in [4.78, 5) is 8.23. The lowest BCUT2D eigenvalue weighted by molar-refractivity contribution is 0.316. The van der Waals surface area contributed by atoms with Gasteiger partial charge < -0.3 is 9.73 Å². The molecule has 0 unspecified atom stereocenters. The van der Waals surface area contributed by atoms with Crippen molar-refractivity contribution >= 4 is 5.71 Å². The van der Waals surface area contributed by atoms with Crippen molar-refractivity contribution < 1.29 is 9.73 Å². The monoisotopic (exact) mass is 218 g/mol. The number of aromatic nitrogens is 3. The van der Waals surface area contributed by atoms with Crippen molar-refractivity contribution in [2.45, 2.75) is 13.3 Å². The molecule has 82 valence electrons. The van der Waals surface area contributed by atoms with E-state index >= 15 is 0 Å². The molecule has 6 nitrogen and oxygen atoms in total. The average Bonchev–Trinajstić information content (AvgIpc) is 2.78. The molecule has 0 spiro atoms. The third kappa shape index (κ3) is 2.22. The zero-order valence-electron chi connectivity index (χ0n) is 8.66. The summed E-state index contributed by atoms with van der Waals surface area (Å²) in [7, 11) is 0. The van der Waals surface area contributed by atoms with Gasteiger partial charge in [-0.3, -0.25) is 4.98 Å². The van der Waals surface area contributed by atoms with Crippen molar-refractivity contribution in [2.24, 2.45) is 5.16 Å². The first-order chi connectivity index (χ1) is 7.79. The van der Waals surface area contributed by atoms with Crippen LogP contribution in [0.5, 0.6) is 0 Å². The van der Waals surface area contributed by atoms with Crippen LogP contribution in [0, 0.1) is 0 Å². The highest BCUT2D eigenvalue weighted by Crippen LogP contribution is 2.12. The Balaban J connectivity index is 2.20. The Morgan fingerprint density at radius 3 is 3.06 bits per heavy atom. The largest absolute Gasteiger partial charge is 0.411 e. The summed E-state index contributed by atoms with van der Waals surface area (Å²) in [6.07, 6.45) is 1.99. The summed E-state index contributed by atoms with van der Waals surface area (Å²) in [6, 6.07) is 5.45. The second-order valence-corrected chi connectivity index (χ2v) is 3.24. The van der Waals surface area contributed by atoms with Gasteiger partial charge in [0.05, 0.1) is 12.1 Å². The van der Waals surface area contributed by atoms with Gasteiger partial charge >= 0.3 is 0 Å². The summed E-state index contributed by atoms with van der Waals surface area (Å²) in [5.74, 6) is 0.831. The molecule has 6 heteroatoms. The van der Waals surface area contributed by atoms with E-state index in [0.29, 0.717) is 29.5 Å². The quantitative estimate of drug-likeness (QED) is 0.479. The molecule has 16 heavy (non-hydrogen) atoms. The van der Waals surface area contributed by atoms with Crippen LogP contribution in [0.3, 0.4) is 0 Å². The molecule has 2 heterocycles. The molecular formula is C10H10N4O2. The highest BCUT2D eigenvalue weighted by Gasteiger charge is 2.09. The van der Waals surface area contributed by atoms with Crippen LogP contribution in [0.2, 0.25) is 0 Å². The lowest BCUT2D eigenvalue weighted by Crippen LogP contribution is -1.97. The number of hydrogen-bond donors (Lipinski definition) is 1. The Bertz CT molecular complexity index is 493. The zero-order chi connectivity index (χ0) is 11.4. The maximum absolute atomic E-state index is 8.51. The lowest BCUT2D eigenvalue weighted by Gasteiger charge is -1.90. The van der Waals surface area contributed by atoms with Crippen molar-refractivity contribution in [1.29, 1.82) is 0 Å². The van der Waals surface area contributed by atoms with Gasteiger partial charge in [0.1, 0.15) is 5.69 Å². The lowest BCUT2D eigenvalue weighted by atomic mass is 10.3. The summed E-state index contributed by atoms with van der Waals surface area (Å²) >= 11 is 0. The van der Waals surface area contributed by atoms with E-state index in [2.05, 4.69) is 20.3 Å². The number of hydrogen-bond acceptors (Lipinski definition) is 6. The maximum Gasteiger partial charge on any atom is 0.232 e. The minimum Gasteiger partial charge on any atom is -0.411 e. The van der Waals surface area contributed by atoms with E-state index < -0.39 is 0 Å². The van der Waals surface area contributed by atoms with Gasteiger partial charge in [-0.2, -0.15) is 4.98 Å². The van der Waals surface area contributed by atoms with E-state index in [1.165, 1.54) is 0 Å². The highest BCUT2D eigenvalue weighted by molar-refractivity contribution is 5.82. The molecule has 0 atom stereocenters. The fourth-order valence-electron chi connectivity index (χ4n) is 1.18.